The molecule has 7 heteroatoms. The van der Waals surface area contributed by atoms with Crippen molar-refractivity contribution in [2.45, 2.75) is 17.7 Å². The van der Waals surface area contributed by atoms with Crippen LogP contribution in [0.25, 0.3) is 0 Å². The molecule has 1 aromatic rings. The van der Waals surface area contributed by atoms with Gasteiger partial charge in [0.15, 0.2) is 9.84 Å². The Morgan fingerprint density at radius 2 is 1.95 bits per heavy atom. The monoisotopic (exact) mass is 318 g/mol. The highest BCUT2D eigenvalue weighted by Gasteiger charge is 2.21. The van der Waals surface area contributed by atoms with Crippen LogP contribution in [0.15, 0.2) is 29.2 Å². The summed E-state index contributed by atoms with van der Waals surface area (Å²) in [5.74, 6) is -0.0321. The summed E-state index contributed by atoms with van der Waals surface area (Å²) in [7, 11) is -3.25. The molecular formula is C13H19ClN2O3S. The Balaban J connectivity index is 0.00000200. The van der Waals surface area contributed by atoms with E-state index in [-0.39, 0.29) is 29.1 Å². The lowest BCUT2D eigenvalue weighted by Gasteiger charge is -2.21. The quantitative estimate of drug-likeness (QED) is 0.884. The molecule has 1 aliphatic heterocycles. The van der Waals surface area contributed by atoms with Crippen LogP contribution in [0.1, 0.15) is 12.8 Å². The Bertz CT molecular complexity index is 569. The lowest BCUT2D eigenvalue weighted by atomic mass is 9.97. The van der Waals surface area contributed by atoms with Crippen molar-refractivity contribution in [1.29, 1.82) is 0 Å². The number of amides is 1. The van der Waals surface area contributed by atoms with Crippen LogP contribution >= 0.6 is 12.4 Å². The molecule has 1 aromatic carbocycles. The van der Waals surface area contributed by atoms with Crippen LogP contribution in [0, 0.1) is 5.92 Å². The minimum absolute atomic E-state index is 0. The molecule has 112 valence electrons. The fourth-order valence-corrected chi connectivity index (χ4v) is 2.80. The van der Waals surface area contributed by atoms with Crippen LogP contribution in [0.5, 0.6) is 0 Å². The number of hydrogen-bond donors (Lipinski definition) is 2. The van der Waals surface area contributed by atoms with Crippen molar-refractivity contribution in [3.8, 4) is 0 Å². The molecule has 0 aliphatic carbocycles. The molecule has 0 radical (unpaired) electrons. The van der Waals surface area contributed by atoms with E-state index in [1.807, 2.05) is 0 Å². The number of carbonyl (C=O) groups is 1. The van der Waals surface area contributed by atoms with Gasteiger partial charge in [0.2, 0.25) is 5.91 Å². The summed E-state index contributed by atoms with van der Waals surface area (Å²) in [4.78, 5) is 12.3. The zero-order valence-corrected chi connectivity index (χ0v) is 12.9. The van der Waals surface area contributed by atoms with Gasteiger partial charge in [-0.15, -0.1) is 12.4 Å². The van der Waals surface area contributed by atoms with E-state index in [9.17, 15) is 13.2 Å². The second kappa shape index (κ2) is 7.06. The first-order valence-corrected chi connectivity index (χ1v) is 8.17. The lowest BCUT2D eigenvalue weighted by Crippen LogP contribution is -2.34. The largest absolute Gasteiger partial charge is 0.326 e. The number of anilines is 1. The molecule has 5 nitrogen and oxygen atoms in total. The third kappa shape index (κ3) is 4.47. The van der Waals surface area contributed by atoms with Crippen molar-refractivity contribution in [3.05, 3.63) is 24.3 Å². The van der Waals surface area contributed by atoms with Gasteiger partial charge >= 0.3 is 0 Å². The molecular weight excluding hydrogens is 300 g/mol. The number of benzene rings is 1. The number of rotatable bonds is 3. The molecule has 0 unspecified atom stereocenters. The van der Waals surface area contributed by atoms with E-state index >= 15 is 0 Å². The molecule has 0 bridgehead atoms. The third-order valence-electron chi connectivity index (χ3n) is 3.24. The Kier molecular flexibility index (Phi) is 5.98. The van der Waals surface area contributed by atoms with E-state index in [0.29, 0.717) is 5.69 Å². The molecule has 1 saturated heterocycles. The van der Waals surface area contributed by atoms with Gasteiger partial charge in [0.1, 0.15) is 0 Å². The van der Waals surface area contributed by atoms with E-state index in [1.54, 1.807) is 12.1 Å². The Hall–Kier alpha value is -1.11. The van der Waals surface area contributed by atoms with E-state index in [2.05, 4.69) is 10.6 Å². The van der Waals surface area contributed by atoms with E-state index < -0.39 is 9.84 Å². The van der Waals surface area contributed by atoms with Gasteiger partial charge in [0, 0.05) is 17.9 Å². The van der Waals surface area contributed by atoms with Gasteiger partial charge in [-0.05, 0) is 44.1 Å². The van der Waals surface area contributed by atoms with Crippen molar-refractivity contribution < 1.29 is 13.2 Å². The predicted molar refractivity (Wildman–Crippen MR) is 81.0 cm³/mol. The van der Waals surface area contributed by atoms with E-state index in [1.165, 1.54) is 12.1 Å². The zero-order chi connectivity index (χ0) is 13.9. The molecule has 2 rings (SSSR count). The highest BCUT2D eigenvalue weighted by molar-refractivity contribution is 7.90. The number of piperidine rings is 1. The summed E-state index contributed by atoms with van der Waals surface area (Å²) in [5, 5.41) is 6.00. The molecule has 1 amide bonds. The Morgan fingerprint density at radius 3 is 2.55 bits per heavy atom. The van der Waals surface area contributed by atoms with Crippen LogP contribution < -0.4 is 10.6 Å². The smallest absolute Gasteiger partial charge is 0.227 e. The average molecular weight is 319 g/mol. The highest BCUT2D eigenvalue weighted by Crippen LogP contribution is 2.18. The highest BCUT2D eigenvalue weighted by atomic mass is 35.5. The number of sulfone groups is 1. The predicted octanol–water partition coefficient (Wildman–Crippen LogP) is 1.45. The van der Waals surface area contributed by atoms with Gasteiger partial charge in [0.25, 0.3) is 0 Å². The Morgan fingerprint density at radius 1 is 1.30 bits per heavy atom. The van der Waals surface area contributed by atoms with Gasteiger partial charge in [0.05, 0.1) is 4.90 Å². The van der Waals surface area contributed by atoms with Gasteiger partial charge in [-0.1, -0.05) is 6.07 Å². The van der Waals surface area contributed by atoms with Crippen molar-refractivity contribution in [2.24, 2.45) is 5.92 Å². The van der Waals surface area contributed by atoms with Crippen molar-refractivity contribution in [1.82, 2.24) is 5.32 Å². The fraction of sp³-hybridized carbons (Fsp3) is 0.462. The van der Waals surface area contributed by atoms with Gasteiger partial charge in [-0.2, -0.15) is 0 Å². The SMILES string of the molecule is CS(=O)(=O)c1cccc(NC(=O)C2CCNCC2)c1.Cl. The normalized spacial score (nSPS) is 16.2. The third-order valence-corrected chi connectivity index (χ3v) is 4.35. The second-order valence-corrected chi connectivity index (χ2v) is 6.83. The van der Waals surface area contributed by atoms with E-state index in [0.717, 1.165) is 32.2 Å². The standard InChI is InChI=1S/C13H18N2O3S.ClH/c1-19(17,18)12-4-2-3-11(9-12)15-13(16)10-5-7-14-8-6-10;/h2-4,9-10,14H,5-8H2,1H3,(H,15,16);1H. The second-order valence-electron chi connectivity index (χ2n) is 4.81. The Labute approximate surface area is 125 Å². The summed E-state index contributed by atoms with van der Waals surface area (Å²) in [6.07, 6.45) is 2.79. The van der Waals surface area contributed by atoms with E-state index in [4.69, 9.17) is 0 Å². The first kappa shape index (κ1) is 16.9. The number of nitrogens with one attached hydrogen (secondary N) is 2. The first-order valence-electron chi connectivity index (χ1n) is 6.28. The maximum absolute atomic E-state index is 12.0. The lowest BCUT2D eigenvalue weighted by molar-refractivity contribution is -0.120. The van der Waals surface area contributed by atoms with Crippen molar-refractivity contribution in [2.75, 3.05) is 24.7 Å². The van der Waals surface area contributed by atoms with Crippen LogP contribution in [0.2, 0.25) is 0 Å². The van der Waals surface area contributed by atoms with Crippen LogP contribution in [-0.4, -0.2) is 33.7 Å². The minimum Gasteiger partial charge on any atom is -0.326 e. The number of carbonyl (C=O) groups excluding carboxylic acids is 1. The van der Waals surface area contributed by atoms with Crippen LogP contribution in [-0.2, 0) is 14.6 Å². The van der Waals surface area contributed by atoms with Crippen LogP contribution in [0.3, 0.4) is 0 Å². The minimum atomic E-state index is -3.25. The van der Waals surface area contributed by atoms with Crippen LogP contribution in [0.4, 0.5) is 5.69 Å². The number of hydrogen-bond acceptors (Lipinski definition) is 4. The van der Waals surface area contributed by atoms with Crippen molar-refractivity contribution >= 4 is 33.8 Å². The average Bonchev–Trinajstić information content (AvgIpc) is 2.39. The molecule has 0 aromatic heterocycles. The number of halogens is 1. The summed E-state index contributed by atoms with van der Waals surface area (Å²) >= 11 is 0. The molecule has 2 N–H and O–H groups in total. The molecule has 0 atom stereocenters. The zero-order valence-electron chi connectivity index (χ0n) is 11.3. The van der Waals surface area contributed by atoms with Gasteiger partial charge in [-0.3, -0.25) is 4.79 Å². The molecule has 20 heavy (non-hydrogen) atoms. The van der Waals surface area contributed by atoms with Gasteiger partial charge in [-0.25, -0.2) is 8.42 Å². The van der Waals surface area contributed by atoms with Crippen molar-refractivity contribution in [3.63, 3.8) is 0 Å². The summed E-state index contributed by atoms with van der Waals surface area (Å²) in [5.41, 5.74) is 0.534. The maximum atomic E-state index is 12.0. The summed E-state index contributed by atoms with van der Waals surface area (Å²) < 4.78 is 22.9. The maximum Gasteiger partial charge on any atom is 0.227 e. The molecule has 0 spiro atoms. The molecule has 0 saturated carbocycles. The molecule has 1 aliphatic rings. The molecule has 1 heterocycles. The summed E-state index contributed by atoms with van der Waals surface area (Å²) in [6.45, 7) is 1.70. The fourth-order valence-electron chi connectivity index (χ4n) is 2.13. The van der Waals surface area contributed by atoms with Gasteiger partial charge < -0.3 is 10.6 Å². The summed E-state index contributed by atoms with van der Waals surface area (Å²) in [6, 6.07) is 6.35. The topological polar surface area (TPSA) is 75.3 Å². The molecule has 1 fully saturated rings. The first-order chi connectivity index (χ1) is 8.97.